The van der Waals surface area contributed by atoms with Crippen molar-refractivity contribution >= 4 is 40.7 Å². The van der Waals surface area contributed by atoms with Gasteiger partial charge in [-0.25, -0.2) is 0 Å². The Morgan fingerprint density at radius 3 is 2.71 bits per heavy atom. The molecule has 3 aromatic rings. The number of aryl methyl sites for hydroxylation is 1. The predicted octanol–water partition coefficient (Wildman–Crippen LogP) is 4.84. The number of aromatic nitrogens is 3. The maximum Gasteiger partial charge on any atom is 0.244 e. The van der Waals surface area contributed by atoms with Crippen LogP contribution < -0.4 is 10.6 Å². The summed E-state index contributed by atoms with van der Waals surface area (Å²) in [7, 11) is 0. The first-order valence-electron chi connectivity index (χ1n) is 7.32. The van der Waals surface area contributed by atoms with Gasteiger partial charge in [0.2, 0.25) is 5.95 Å². The van der Waals surface area contributed by atoms with Gasteiger partial charge in [-0.1, -0.05) is 53.5 Å². The van der Waals surface area contributed by atoms with Gasteiger partial charge >= 0.3 is 0 Å². The molecule has 5 nitrogen and oxygen atoms in total. The molecule has 1 heterocycles. The van der Waals surface area contributed by atoms with Gasteiger partial charge in [-0.05, 0) is 30.2 Å². The zero-order chi connectivity index (χ0) is 16.9. The molecule has 122 valence electrons. The molecule has 0 aliphatic carbocycles. The van der Waals surface area contributed by atoms with Crippen LogP contribution in [0.5, 0.6) is 0 Å². The predicted molar refractivity (Wildman–Crippen MR) is 98.1 cm³/mol. The Hall–Kier alpha value is -2.37. The second kappa shape index (κ2) is 7.47. The highest BCUT2D eigenvalue weighted by Crippen LogP contribution is 2.31. The molecule has 0 unspecified atom stereocenters. The maximum atomic E-state index is 6.17. The number of nitrogens with one attached hydrogen (secondary N) is 2. The summed E-state index contributed by atoms with van der Waals surface area (Å²) < 4.78 is 0. The number of rotatable bonds is 5. The van der Waals surface area contributed by atoms with E-state index >= 15 is 0 Å². The highest BCUT2D eigenvalue weighted by molar-refractivity contribution is 6.43. The summed E-state index contributed by atoms with van der Waals surface area (Å²) in [6, 6.07) is 13.5. The normalized spacial score (nSPS) is 10.5. The minimum absolute atomic E-state index is 0.432. The van der Waals surface area contributed by atoms with Gasteiger partial charge in [-0.15, -0.1) is 5.10 Å². The molecule has 0 atom stereocenters. The van der Waals surface area contributed by atoms with Crippen LogP contribution in [0.15, 0.2) is 48.7 Å². The van der Waals surface area contributed by atoms with Crippen LogP contribution in [0.25, 0.3) is 0 Å². The van der Waals surface area contributed by atoms with Gasteiger partial charge in [-0.3, -0.25) is 0 Å². The molecule has 0 saturated carbocycles. The molecule has 0 aliphatic heterocycles. The topological polar surface area (TPSA) is 62.7 Å². The number of anilines is 3. The second-order valence-corrected chi connectivity index (χ2v) is 5.96. The molecule has 2 aromatic carbocycles. The monoisotopic (exact) mass is 359 g/mol. The SMILES string of the molecule is Cc1ccccc1CNc1nncc(Nc2cccc(Cl)c2Cl)n1. The first-order chi connectivity index (χ1) is 11.6. The lowest BCUT2D eigenvalue weighted by Gasteiger charge is -2.10. The lowest BCUT2D eigenvalue weighted by Crippen LogP contribution is -2.07. The van der Waals surface area contributed by atoms with Crippen LogP contribution in [-0.2, 0) is 6.54 Å². The van der Waals surface area contributed by atoms with Crippen molar-refractivity contribution in [3.63, 3.8) is 0 Å². The van der Waals surface area contributed by atoms with E-state index in [1.165, 1.54) is 17.3 Å². The highest BCUT2D eigenvalue weighted by Gasteiger charge is 2.07. The third-order valence-electron chi connectivity index (χ3n) is 3.47. The fourth-order valence-corrected chi connectivity index (χ4v) is 2.51. The summed E-state index contributed by atoms with van der Waals surface area (Å²) >= 11 is 12.2. The van der Waals surface area contributed by atoms with Gasteiger partial charge in [0.25, 0.3) is 0 Å². The summed E-state index contributed by atoms with van der Waals surface area (Å²) in [4.78, 5) is 4.39. The van der Waals surface area contributed by atoms with E-state index in [2.05, 4.69) is 44.9 Å². The van der Waals surface area contributed by atoms with E-state index in [-0.39, 0.29) is 0 Å². The second-order valence-electron chi connectivity index (χ2n) is 5.17. The van der Waals surface area contributed by atoms with Crippen molar-refractivity contribution in [2.24, 2.45) is 0 Å². The largest absolute Gasteiger partial charge is 0.349 e. The van der Waals surface area contributed by atoms with E-state index in [9.17, 15) is 0 Å². The Bertz CT molecular complexity index is 854. The van der Waals surface area contributed by atoms with Crippen LogP contribution in [0.4, 0.5) is 17.5 Å². The van der Waals surface area contributed by atoms with E-state index in [1.807, 2.05) is 24.3 Å². The standard InChI is InChI=1S/C17H15Cl2N5/c1-11-5-2-3-6-12(11)9-20-17-23-15(10-21-24-17)22-14-8-4-7-13(18)16(14)19/h2-8,10H,9H2,1H3,(H2,20,22,23,24). The third-order valence-corrected chi connectivity index (χ3v) is 4.29. The molecule has 0 amide bonds. The molecule has 0 bridgehead atoms. The van der Waals surface area contributed by atoms with Crippen LogP contribution in [0.1, 0.15) is 11.1 Å². The van der Waals surface area contributed by atoms with Gasteiger partial charge < -0.3 is 10.6 Å². The van der Waals surface area contributed by atoms with Crippen LogP contribution in [-0.4, -0.2) is 15.2 Å². The Kier molecular flexibility index (Phi) is 5.13. The average molecular weight is 360 g/mol. The van der Waals surface area contributed by atoms with Crippen LogP contribution >= 0.6 is 23.2 Å². The maximum absolute atomic E-state index is 6.17. The van der Waals surface area contributed by atoms with E-state index < -0.39 is 0 Å². The molecule has 0 aliphatic rings. The first-order valence-corrected chi connectivity index (χ1v) is 8.08. The van der Waals surface area contributed by atoms with E-state index in [4.69, 9.17) is 23.2 Å². The summed E-state index contributed by atoms with van der Waals surface area (Å²) in [6.45, 7) is 2.69. The van der Waals surface area contributed by atoms with Crippen LogP contribution in [0, 0.1) is 6.92 Å². The van der Waals surface area contributed by atoms with E-state index in [0.717, 1.165) is 0 Å². The van der Waals surface area contributed by atoms with Gasteiger partial charge in [0.15, 0.2) is 5.82 Å². The Balaban J connectivity index is 1.72. The molecule has 3 rings (SSSR count). The van der Waals surface area contributed by atoms with Crippen molar-refractivity contribution in [2.75, 3.05) is 10.6 Å². The minimum atomic E-state index is 0.432. The van der Waals surface area contributed by atoms with E-state index in [1.54, 1.807) is 6.07 Å². The Morgan fingerprint density at radius 1 is 1.04 bits per heavy atom. The molecule has 2 N–H and O–H groups in total. The number of hydrogen-bond acceptors (Lipinski definition) is 5. The molecular formula is C17H15Cl2N5. The molecule has 1 aromatic heterocycles. The van der Waals surface area contributed by atoms with Crippen LogP contribution in [0.3, 0.4) is 0 Å². The molecule has 0 fully saturated rings. The average Bonchev–Trinajstić information content (AvgIpc) is 2.59. The van der Waals surface area contributed by atoms with Crippen molar-refractivity contribution in [3.05, 3.63) is 69.8 Å². The fourth-order valence-electron chi connectivity index (χ4n) is 2.16. The minimum Gasteiger partial charge on any atom is -0.349 e. The molecular weight excluding hydrogens is 345 g/mol. The van der Waals surface area contributed by atoms with Gasteiger partial charge in [0.05, 0.1) is 21.9 Å². The van der Waals surface area contributed by atoms with E-state index in [0.29, 0.717) is 34.0 Å². The summed E-state index contributed by atoms with van der Waals surface area (Å²) in [5.74, 6) is 0.961. The highest BCUT2D eigenvalue weighted by atomic mass is 35.5. The van der Waals surface area contributed by atoms with Crippen molar-refractivity contribution < 1.29 is 0 Å². The third kappa shape index (κ3) is 3.93. The smallest absolute Gasteiger partial charge is 0.244 e. The van der Waals surface area contributed by atoms with Crippen molar-refractivity contribution in [1.82, 2.24) is 15.2 Å². The molecule has 0 saturated heterocycles. The van der Waals surface area contributed by atoms with Gasteiger partial charge in [0, 0.05) is 6.54 Å². The molecule has 24 heavy (non-hydrogen) atoms. The zero-order valence-electron chi connectivity index (χ0n) is 12.9. The number of hydrogen-bond donors (Lipinski definition) is 2. The van der Waals surface area contributed by atoms with Crippen molar-refractivity contribution in [3.8, 4) is 0 Å². The summed E-state index contributed by atoms with van der Waals surface area (Å²) in [5, 5.41) is 15.1. The number of halogens is 2. The van der Waals surface area contributed by atoms with Gasteiger partial charge in [0.1, 0.15) is 0 Å². The quantitative estimate of drug-likeness (QED) is 0.682. The molecule has 0 radical (unpaired) electrons. The number of nitrogens with zero attached hydrogens (tertiary/aromatic N) is 3. The lowest BCUT2D eigenvalue weighted by atomic mass is 10.1. The Labute approximate surface area is 150 Å². The first kappa shape index (κ1) is 16.5. The van der Waals surface area contributed by atoms with Crippen molar-refractivity contribution in [2.45, 2.75) is 13.5 Å². The summed E-state index contributed by atoms with van der Waals surface area (Å²) in [6.07, 6.45) is 1.52. The fraction of sp³-hybridized carbons (Fsp3) is 0.118. The zero-order valence-corrected chi connectivity index (χ0v) is 14.4. The molecule has 0 spiro atoms. The Morgan fingerprint density at radius 2 is 1.88 bits per heavy atom. The summed E-state index contributed by atoms with van der Waals surface area (Å²) in [5.41, 5.74) is 3.05. The van der Waals surface area contributed by atoms with Crippen molar-refractivity contribution in [1.29, 1.82) is 0 Å². The molecule has 7 heteroatoms. The van der Waals surface area contributed by atoms with Crippen LogP contribution in [0.2, 0.25) is 10.0 Å². The lowest BCUT2D eigenvalue weighted by molar-refractivity contribution is 0.946. The van der Waals surface area contributed by atoms with Gasteiger partial charge in [-0.2, -0.15) is 10.1 Å². The number of benzene rings is 2.